The molecule has 2 aromatic rings. The first-order chi connectivity index (χ1) is 14.9. The van der Waals surface area contributed by atoms with E-state index < -0.39 is 10.0 Å². The second-order valence-electron chi connectivity index (χ2n) is 7.60. The maximum atomic E-state index is 12.7. The SMILES string of the molecule is O=C(CCCN1C(=O)c2ccccc2C1=O)Nc1cccc(S(=O)(=O)N2CCCC2)c1. The summed E-state index contributed by atoms with van der Waals surface area (Å²) in [7, 11) is -3.56. The number of sulfonamides is 1. The number of amides is 3. The molecule has 4 rings (SSSR count). The third kappa shape index (κ3) is 4.24. The van der Waals surface area contributed by atoms with E-state index in [0.717, 1.165) is 17.7 Å². The number of nitrogens with one attached hydrogen (secondary N) is 1. The number of hydrogen-bond acceptors (Lipinski definition) is 5. The first kappa shape index (κ1) is 21.2. The van der Waals surface area contributed by atoms with Gasteiger partial charge in [-0.3, -0.25) is 19.3 Å². The minimum absolute atomic E-state index is 0.0938. The van der Waals surface area contributed by atoms with Crippen LogP contribution in [0, 0.1) is 0 Å². The molecule has 0 spiro atoms. The lowest BCUT2D eigenvalue weighted by molar-refractivity contribution is -0.116. The summed E-state index contributed by atoms with van der Waals surface area (Å²) < 4.78 is 26.8. The number of imide groups is 1. The average molecular weight is 442 g/mol. The van der Waals surface area contributed by atoms with Crippen molar-refractivity contribution in [3.05, 3.63) is 59.7 Å². The molecule has 0 unspecified atom stereocenters. The Labute approximate surface area is 180 Å². The van der Waals surface area contributed by atoms with E-state index in [1.165, 1.54) is 16.4 Å². The average Bonchev–Trinajstić information content (AvgIpc) is 3.39. The Bertz CT molecular complexity index is 1100. The number of carbonyl (C=O) groups excluding carboxylic acids is 3. The number of hydrogen-bond donors (Lipinski definition) is 1. The number of anilines is 1. The van der Waals surface area contributed by atoms with Gasteiger partial charge in [0.25, 0.3) is 11.8 Å². The van der Waals surface area contributed by atoms with Crippen LogP contribution in [0.1, 0.15) is 46.4 Å². The van der Waals surface area contributed by atoms with Gasteiger partial charge in [-0.05, 0) is 49.6 Å². The standard InChI is InChI=1S/C22H23N3O5S/c26-20(11-6-14-25-21(27)18-9-1-2-10-19(18)22(25)28)23-16-7-5-8-17(15-16)31(29,30)24-12-3-4-13-24/h1-2,5,7-10,15H,3-4,6,11-14H2,(H,23,26). The molecule has 2 aliphatic rings. The molecular weight excluding hydrogens is 418 g/mol. The normalized spacial score (nSPS) is 16.6. The van der Waals surface area contributed by atoms with Gasteiger partial charge in [0, 0.05) is 31.7 Å². The molecule has 0 atom stereocenters. The van der Waals surface area contributed by atoms with Crippen molar-refractivity contribution < 1.29 is 22.8 Å². The Morgan fingerprint density at radius 1 is 0.935 bits per heavy atom. The van der Waals surface area contributed by atoms with Crippen molar-refractivity contribution in [2.75, 3.05) is 25.0 Å². The zero-order valence-electron chi connectivity index (χ0n) is 16.9. The topological polar surface area (TPSA) is 104 Å². The maximum absolute atomic E-state index is 12.7. The van der Waals surface area contributed by atoms with Crippen molar-refractivity contribution in [3.63, 3.8) is 0 Å². The number of carbonyl (C=O) groups is 3. The van der Waals surface area contributed by atoms with Crippen LogP contribution in [0.4, 0.5) is 5.69 Å². The molecule has 31 heavy (non-hydrogen) atoms. The van der Waals surface area contributed by atoms with E-state index in [1.54, 1.807) is 36.4 Å². The minimum atomic E-state index is -3.56. The summed E-state index contributed by atoms with van der Waals surface area (Å²) in [4.78, 5) is 38.3. The molecule has 0 saturated carbocycles. The molecule has 1 fully saturated rings. The summed E-state index contributed by atoms with van der Waals surface area (Å²) in [6.45, 7) is 1.16. The van der Waals surface area contributed by atoms with Crippen molar-refractivity contribution in [1.82, 2.24) is 9.21 Å². The fourth-order valence-electron chi connectivity index (χ4n) is 3.88. The molecule has 162 valence electrons. The molecule has 0 bridgehead atoms. The number of fused-ring (bicyclic) bond motifs is 1. The quantitative estimate of drug-likeness (QED) is 0.665. The Morgan fingerprint density at radius 3 is 2.23 bits per heavy atom. The highest BCUT2D eigenvalue weighted by Gasteiger charge is 2.34. The van der Waals surface area contributed by atoms with Gasteiger partial charge in [-0.2, -0.15) is 4.31 Å². The van der Waals surface area contributed by atoms with Crippen LogP contribution in [0.15, 0.2) is 53.4 Å². The van der Waals surface area contributed by atoms with E-state index in [0.29, 0.717) is 36.3 Å². The fraction of sp³-hybridized carbons (Fsp3) is 0.318. The monoisotopic (exact) mass is 441 g/mol. The van der Waals surface area contributed by atoms with Crippen LogP contribution in [0.5, 0.6) is 0 Å². The second-order valence-corrected chi connectivity index (χ2v) is 9.54. The van der Waals surface area contributed by atoms with E-state index >= 15 is 0 Å². The molecule has 1 N–H and O–H groups in total. The Hall–Kier alpha value is -3.04. The summed E-state index contributed by atoms with van der Waals surface area (Å²) in [5, 5.41) is 2.70. The van der Waals surface area contributed by atoms with Gasteiger partial charge in [0.05, 0.1) is 16.0 Å². The van der Waals surface area contributed by atoms with Crippen LogP contribution in [0.2, 0.25) is 0 Å². The lowest BCUT2D eigenvalue weighted by Crippen LogP contribution is -2.31. The molecule has 0 radical (unpaired) electrons. The van der Waals surface area contributed by atoms with Gasteiger partial charge in [-0.1, -0.05) is 18.2 Å². The number of rotatable bonds is 7. The van der Waals surface area contributed by atoms with Gasteiger partial charge in [0.2, 0.25) is 15.9 Å². The largest absolute Gasteiger partial charge is 0.326 e. The fourth-order valence-corrected chi connectivity index (χ4v) is 5.44. The van der Waals surface area contributed by atoms with Gasteiger partial charge in [0.1, 0.15) is 0 Å². The summed E-state index contributed by atoms with van der Waals surface area (Å²) in [5.74, 6) is -1.01. The Kier molecular flexibility index (Phi) is 5.88. The molecule has 3 amide bonds. The summed E-state index contributed by atoms with van der Waals surface area (Å²) in [6, 6.07) is 12.8. The zero-order chi connectivity index (χ0) is 22.0. The van der Waals surface area contributed by atoms with E-state index in [1.807, 2.05) is 0 Å². The third-order valence-corrected chi connectivity index (χ3v) is 7.38. The summed E-state index contributed by atoms with van der Waals surface area (Å²) >= 11 is 0. The van der Waals surface area contributed by atoms with Crippen LogP contribution in [0.25, 0.3) is 0 Å². The minimum Gasteiger partial charge on any atom is -0.326 e. The van der Waals surface area contributed by atoms with Crippen molar-refractivity contribution >= 4 is 33.4 Å². The van der Waals surface area contributed by atoms with Crippen molar-refractivity contribution in [2.45, 2.75) is 30.6 Å². The lowest BCUT2D eigenvalue weighted by Gasteiger charge is -2.16. The highest BCUT2D eigenvalue weighted by atomic mass is 32.2. The zero-order valence-corrected chi connectivity index (χ0v) is 17.7. The van der Waals surface area contributed by atoms with E-state index in [9.17, 15) is 22.8 Å². The van der Waals surface area contributed by atoms with E-state index in [4.69, 9.17) is 0 Å². The molecule has 2 aromatic carbocycles. The Balaban J connectivity index is 1.33. The Morgan fingerprint density at radius 2 is 1.58 bits per heavy atom. The van der Waals surface area contributed by atoms with Gasteiger partial charge < -0.3 is 5.32 Å². The van der Waals surface area contributed by atoms with Crippen LogP contribution >= 0.6 is 0 Å². The molecule has 0 aromatic heterocycles. The smallest absolute Gasteiger partial charge is 0.261 e. The summed E-state index contributed by atoms with van der Waals surface area (Å²) in [5.41, 5.74) is 1.16. The predicted octanol–water partition coefficient (Wildman–Crippen LogP) is 2.49. The summed E-state index contributed by atoms with van der Waals surface area (Å²) in [6.07, 6.45) is 2.10. The van der Waals surface area contributed by atoms with Gasteiger partial charge in [-0.25, -0.2) is 8.42 Å². The first-order valence-corrected chi connectivity index (χ1v) is 11.7. The van der Waals surface area contributed by atoms with Crippen LogP contribution in [-0.4, -0.2) is 55.0 Å². The molecule has 2 heterocycles. The van der Waals surface area contributed by atoms with Gasteiger partial charge in [0.15, 0.2) is 0 Å². The van der Waals surface area contributed by atoms with Crippen LogP contribution in [-0.2, 0) is 14.8 Å². The highest BCUT2D eigenvalue weighted by Crippen LogP contribution is 2.24. The molecule has 2 aliphatic heterocycles. The van der Waals surface area contributed by atoms with Crippen molar-refractivity contribution in [3.8, 4) is 0 Å². The van der Waals surface area contributed by atoms with E-state index in [-0.39, 0.29) is 35.6 Å². The van der Waals surface area contributed by atoms with Gasteiger partial charge in [-0.15, -0.1) is 0 Å². The van der Waals surface area contributed by atoms with Gasteiger partial charge >= 0.3 is 0 Å². The van der Waals surface area contributed by atoms with E-state index in [2.05, 4.69) is 5.32 Å². The number of nitrogens with zero attached hydrogens (tertiary/aromatic N) is 2. The third-order valence-electron chi connectivity index (χ3n) is 5.48. The van der Waals surface area contributed by atoms with Crippen LogP contribution in [0.3, 0.4) is 0 Å². The molecule has 9 heteroatoms. The van der Waals surface area contributed by atoms with Crippen molar-refractivity contribution in [1.29, 1.82) is 0 Å². The maximum Gasteiger partial charge on any atom is 0.261 e. The predicted molar refractivity (Wildman–Crippen MR) is 114 cm³/mol. The molecule has 8 nitrogen and oxygen atoms in total. The lowest BCUT2D eigenvalue weighted by atomic mass is 10.1. The van der Waals surface area contributed by atoms with Crippen LogP contribution < -0.4 is 5.32 Å². The number of benzene rings is 2. The van der Waals surface area contributed by atoms with Crippen molar-refractivity contribution in [2.24, 2.45) is 0 Å². The molecular formula is C22H23N3O5S. The second kappa shape index (κ2) is 8.60. The molecule has 1 saturated heterocycles. The highest BCUT2D eigenvalue weighted by molar-refractivity contribution is 7.89. The molecule has 0 aliphatic carbocycles. The first-order valence-electron chi connectivity index (χ1n) is 10.2.